The van der Waals surface area contributed by atoms with Gasteiger partial charge in [-0.25, -0.2) is 0 Å². The number of rotatable bonds is 4. The smallest absolute Gasteiger partial charge is 0.0590 e. The van der Waals surface area contributed by atoms with Gasteiger partial charge in [-0.1, -0.05) is 6.08 Å². The predicted octanol–water partition coefficient (Wildman–Crippen LogP) is 1.85. The van der Waals surface area contributed by atoms with E-state index in [0.717, 1.165) is 19.4 Å². The lowest BCUT2D eigenvalue weighted by atomic mass is 9.94. The van der Waals surface area contributed by atoms with E-state index in [-0.39, 0.29) is 0 Å². The normalized spacial score (nSPS) is 30.1. The van der Waals surface area contributed by atoms with Crippen molar-refractivity contribution in [1.29, 1.82) is 0 Å². The van der Waals surface area contributed by atoms with Crippen LogP contribution >= 0.6 is 0 Å². The minimum Gasteiger partial charge on any atom is -0.378 e. The summed E-state index contributed by atoms with van der Waals surface area (Å²) in [5, 5.41) is 0. The average molecular weight is 169 g/mol. The molecule has 0 aliphatic heterocycles. The van der Waals surface area contributed by atoms with Crippen molar-refractivity contribution in [2.75, 3.05) is 6.61 Å². The van der Waals surface area contributed by atoms with Crippen LogP contribution in [0.15, 0.2) is 12.7 Å². The first kappa shape index (κ1) is 9.75. The van der Waals surface area contributed by atoms with Gasteiger partial charge in [0.05, 0.1) is 12.7 Å². The van der Waals surface area contributed by atoms with Gasteiger partial charge in [0.1, 0.15) is 0 Å². The van der Waals surface area contributed by atoms with Gasteiger partial charge in [0, 0.05) is 6.04 Å². The van der Waals surface area contributed by atoms with Crippen LogP contribution in [0.1, 0.15) is 32.1 Å². The summed E-state index contributed by atoms with van der Waals surface area (Å²) in [6.45, 7) is 4.46. The second-order valence-corrected chi connectivity index (χ2v) is 3.50. The Hall–Kier alpha value is -0.340. The van der Waals surface area contributed by atoms with E-state index in [2.05, 4.69) is 6.58 Å². The third-order valence-corrected chi connectivity index (χ3v) is 2.34. The summed E-state index contributed by atoms with van der Waals surface area (Å²) >= 11 is 0. The van der Waals surface area contributed by atoms with Crippen molar-refractivity contribution < 1.29 is 4.74 Å². The second kappa shape index (κ2) is 5.33. The molecule has 2 unspecified atom stereocenters. The molecule has 0 bridgehead atoms. The van der Waals surface area contributed by atoms with Crippen molar-refractivity contribution in [2.24, 2.45) is 5.73 Å². The fourth-order valence-corrected chi connectivity index (χ4v) is 1.65. The SMILES string of the molecule is C=CCCOC1CCCC(N)C1. The zero-order chi connectivity index (χ0) is 8.81. The van der Waals surface area contributed by atoms with E-state index in [4.69, 9.17) is 10.5 Å². The van der Waals surface area contributed by atoms with E-state index in [1.807, 2.05) is 6.08 Å². The highest BCUT2D eigenvalue weighted by Crippen LogP contribution is 2.19. The Morgan fingerprint density at radius 2 is 2.33 bits per heavy atom. The van der Waals surface area contributed by atoms with Crippen molar-refractivity contribution in [3.05, 3.63) is 12.7 Å². The molecule has 70 valence electrons. The quantitative estimate of drug-likeness (QED) is 0.515. The maximum atomic E-state index is 5.83. The molecule has 0 radical (unpaired) electrons. The predicted molar refractivity (Wildman–Crippen MR) is 51.0 cm³/mol. The summed E-state index contributed by atoms with van der Waals surface area (Å²) < 4.78 is 5.64. The standard InChI is InChI=1S/C10H19NO/c1-2-3-7-12-10-6-4-5-9(11)8-10/h2,9-10H,1,3-8,11H2. The first-order valence-electron chi connectivity index (χ1n) is 4.81. The van der Waals surface area contributed by atoms with Crippen LogP contribution in [0.5, 0.6) is 0 Å². The van der Waals surface area contributed by atoms with Crippen LogP contribution in [0.3, 0.4) is 0 Å². The molecule has 2 N–H and O–H groups in total. The summed E-state index contributed by atoms with van der Waals surface area (Å²) in [6, 6.07) is 0.368. The van der Waals surface area contributed by atoms with Gasteiger partial charge in [-0.05, 0) is 32.1 Å². The van der Waals surface area contributed by atoms with E-state index < -0.39 is 0 Å². The fourth-order valence-electron chi connectivity index (χ4n) is 1.65. The molecule has 2 nitrogen and oxygen atoms in total. The minimum atomic E-state index is 0.368. The summed E-state index contributed by atoms with van der Waals surface area (Å²) in [4.78, 5) is 0. The summed E-state index contributed by atoms with van der Waals surface area (Å²) in [5.41, 5.74) is 5.83. The van der Waals surface area contributed by atoms with Crippen molar-refractivity contribution >= 4 is 0 Å². The lowest BCUT2D eigenvalue weighted by Gasteiger charge is -2.26. The fraction of sp³-hybridized carbons (Fsp3) is 0.800. The van der Waals surface area contributed by atoms with Crippen molar-refractivity contribution in [3.63, 3.8) is 0 Å². The van der Waals surface area contributed by atoms with Crippen LogP contribution in [-0.2, 0) is 4.74 Å². The molecule has 2 atom stereocenters. The van der Waals surface area contributed by atoms with E-state index in [9.17, 15) is 0 Å². The molecule has 0 aromatic carbocycles. The van der Waals surface area contributed by atoms with Gasteiger partial charge < -0.3 is 10.5 Å². The molecule has 1 fully saturated rings. The van der Waals surface area contributed by atoms with Gasteiger partial charge in [-0.2, -0.15) is 0 Å². The molecule has 1 saturated carbocycles. The minimum absolute atomic E-state index is 0.368. The molecule has 0 heterocycles. The Balaban J connectivity index is 2.09. The van der Waals surface area contributed by atoms with Gasteiger partial charge in [0.25, 0.3) is 0 Å². The van der Waals surface area contributed by atoms with Crippen LogP contribution in [0.25, 0.3) is 0 Å². The monoisotopic (exact) mass is 169 g/mol. The topological polar surface area (TPSA) is 35.2 Å². The molecule has 0 saturated heterocycles. The van der Waals surface area contributed by atoms with E-state index in [0.29, 0.717) is 12.1 Å². The first-order chi connectivity index (χ1) is 5.83. The van der Waals surface area contributed by atoms with Crippen LogP contribution < -0.4 is 5.73 Å². The molecule has 2 heteroatoms. The lowest BCUT2D eigenvalue weighted by molar-refractivity contribution is 0.0263. The summed E-state index contributed by atoms with van der Waals surface area (Å²) in [5.74, 6) is 0. The Morgan fingerprint density at radius 3 is 3.00 bits per heavy atom. The highest BCUT2D eigenvalue weighted by molar-refractivity contribution is 4.75. The zero-order valence-electron chi connectivity index (χ0n) is 7.67. The average Bonchev–Trinajstić information content (AvgIpc) is 2.05. The van der Waals surface area contributed by atoms with Gasteiger partial charge in [-0.3, -0.25) is 0 Å². The highest BCUT2D eigenvalue weighted by Gasteiger charge is 2.18. The third-order valence-electron chi connectivity index (χ3n) is 2.34. The van der Waals surface area contributed by atoms with E-state index in [1.165, 1.54) is 19.3 Å². The Kier molecular flexibility index (Phi) is 4.33. The first-order valence-corrected chi connectivity index (χ1v) is 4.81. The van der Waals surface area contributed by atoms with Gasteiger partial charge in [0.2, 0.25) is 0 Å². The largest absolute Gasteiger partial charge is 0.378 e. The molecule has 1 aliphatic rings. The van der Waals surface area contributed by atoms with Crippen LogP contribution in [0.2, 0.25) is 0 Å². The van der Waals surface area contributed by atoms with Gasteiger partial charge in [0.15, 0.2) is 0 Å². The molecule has 0 amide bonds. The summed E-state index contributed by atoms with van der Waals surface area (Å²) in [6.07, 6.45) is 7.87. The zero-order valence-corrected chi connectivity index (χ0v) is 7.67. The Labute approximate surface area is 74.8 Å². The van der Waals surface area contributed by atoms with E-state index in [1.54, 1.807) is 0 Å². The molecule has 12 heavy (non-hydrogen) atoms. The lowest BCUT2D eigenvalue weighted by Crippen LogP contribution is -2.32. The second-order valence-electron chi connectivity index (χ2n) is 3.50. The molecule has 1 aliphatic carbocycles. The number of hydrogen-bond donors (Lipinski definition) is 1. The van der Waals surface area contributed by atoms with E-state index >= 15 is 0 Å². The van der Waals surface area contributed by atoms with Gasteiger partial charge >= 0.3 is 0 Å². The summed E-state index contributed by atoms with van der Waals surface area (Å²) in [7, 11) is 0. The van der Waals surface area contributed by atoms with Crippen LogP contribution in [0, 0.1) is 0 Å². The Bertz CT molecular complexity index is 136. The molecular weight excluding hydrogens is 150 g/mol. The third kappa shape index (κ3) is 3.37. The molecule has 1 rings (SSSR count). The number of hydrogen-bond acceptors (Lipinski definition) is 2. The maximum absolute atomic E-state index is 5.83. The molecule has 0 aromatic rings. The molecule has 0 spiro atoms. The molecule has 0 aromatic heterocycles. The molecular formula is C10H19NO. The number of nitrogens with two attached hydrogens (primary N) is 1. The number of ether oxygens (including phenoxy) is 1. The van der Waals surface area contributed by atoms with Crippen molar-refractivity contribution in [1.82, 2.24) is 0 Å². The van der Waals surface area contributed by atoms with Gasteiger partial charge in [-0.15, -0.1) is 6.58 Å². The van der Waals surface area contributed by atoms with Crippen molar-refractivity contribution in [2.45, 2.75) is 44.2 Å². The maximum Gasteiger partial charge on any atom is 0.0590 e. The van der Waals surface area contributed by atoms with Crippen molar-refractivity contribution in [3.8, 4) is 0 Å². The van der Waals surface area contributed by atoms with Crippen LogP contribution in [-0.4, -0.2) is 18.8 Å². The Morgan fingerprint density at radius 1 is 1.50 bits per heavy atom. The highest BCUT2D eigenvalue weighted by atomic mass is 16.5. The van der Waals surface area contributed by atoms with Crippen LogP contribution in [0.4, 0.5) is 0 Å².